The maximum absolute atomic E-state index is 5.46. The SMILES string of the molecule is CN(C)c1nc(N2CCOCC2)nc2ncn(Cc3ccc4ccccc4c3)c12. The molecule has 0 saturated carbocycles. The Bertz CT molecular complexity index is 1160. The largest absolute Gasteiger partial charge is 0.378 e. The fraction of sp³-hybridized carbons (Fsp3) is 0.318. The summed E-state index contributed by atoms with van der Waals surface area (Å²) in [6.45, 7) is 3.74. The number of morpholine rings is 1. The molecule has 0 N–H and O–H groups in total. The summed E-state index contributed by atoms with van der Waals surface area (Å²) in [5.41, 5.74) is 2.91. The van der Waals surface area contributed by atoms with E-state index in [0.717, 1.165) is 42.6 Å². The quantitative estimate of drug-likeness (QED) is 0.536. The van der Waals surface area contributed by atoms with Gasteiger partial charge in [0, 0.05) is 33.7 Å². The van der Waals surface area contributed by atoms with Gasteiger partial charge in [-0.1, -0.05) is 36.4 Å². The second-order valence-electron chi connectivity index (χ2n) is 7.57. The predicted octanol–water partition coefficient (Wildman–Crippen LogP) is 2.93. The van der Waals surface area contributed by atoms with E-state index in [9.17, 15) is 0 Å². The minimum absolute atomic E-state index is 0.703. The number of hydrogen-bond donors (Lipinski definition) is 0. The Morgan fingerprint density at radius 1 is 1.00 bits per heavy atom. The summed E-state index contributed by atoms with van der Waals surface area (Å²) in [5, 5.41) is 2.49. The van der Waals surface area contributed by atoms with Crippen molar-refractivity contribution in [3.63, 3.8) is 0 Å². The van der Waals surface area contributed by atoms with Crippen LogP contribution in [0.15, 0.2) is 48.8 Å². The molecular formula is C22H24N6O. The van der Waals surface area contributed by atoms with Crippen LogP contribution in [0.5, 0.6) is 0 Å². The zero-order valence-corrected chi connectivity index (χ0v) is 16.7. The zero-order chi connectivity index (χ0) is 19.8. The van der Waals surface area contributed by atoms with E-state index < -0.39 is 0 Å². The highest BCUT2D eigenvalue weighted by molar-refractivity contribution is 5.86. The van der Waals surface area contributed by atoms with Crippen LogP contribution in [0, 0.1) is 0 Å². The Morgan fingerprint density at radius 2 is 1.79 bits per heavy atom. The van der Waals surface area contributed by atoms with Gasteiger partial charge in [-0.3, -0.25) is 0 Å². The fourth-order valence-corrected chi connectivity index (χ4v) is 3.82. The third kappa shape index (κ3) is 3.38. The van der Waals surface area contributed by atoms with E-state index in [1.807, 2.05) is 25.3 Å². The van der Waals surface area contributed by atoms with Crippen LogP contribution in [0.4, 0.5) is 11.8 Å². The van der Waals surface area contributed by atoms with Crippen molar-refractivity contribution < 1.29 is 4.74 Å². The molecule has 4 aromatic rings. The first-order valence-corrected chi connectivity index (χ1v) is 9.89. The van der Waals surface area contributed by atoms with Gasteiger partial charge in [0.05, 0.1) is 19.5 Å². The molecule has 0 unspecified atom stereocenters. The van der Waals surface area contributed by atoms with Crippen molar-refractivity contribution in [2.24, 2.45) is 0 Å². The van der Waals surface area contributed by atoms with Crippen LogP contribution in [-0.2, 0) is 11.3 Å². The average molecular weight is 388 g/mol. The lowest BCUT2D eigenvalue weighted by atomic mass is 10.1. The first-order valence-electron chi connectivity index (χ1n) is 9.89. The van der Waals surface area contributed by atoms with Crippen molar-refractivity contribution in [1.29, 1.82) is 0 Å². The standard InChI is InChI=1S/C22H24N6O/c1-26(2)21-19-20(24-22(25-21)27-9-11-29-12-10-27)23-15-28(19)14-16-7-8-17-5-3-4-6-18(17)13-16/h3-8,13,15H,9-12,14H2,1-2H3. The van der Waals surface area contributed by atoms with Gasteiger partial charge >= 0.3 is 0 Å². The lowest BCUT2D eigenvalue weighted by molar-refractivity contribution is 0.122. The summed E-state index contributed by atoms with van der Waals surface area (Å²) >= 11 is 0. The molecule has 7 nitrogen and oxygen atoms in total. The molecule has 29 heavy (non-hydrogen) atoms. The molecule has 0 bridgehead atoms. The monoisotopic (exact) mass is 388 g/mol. The van der Waals surface area contributed by atoms with Gasteiger partial charge in [0.15, 0.2) is 11.5 Å². The van der Waals surface area contributed by atoms with Gasteiger partial charge in [-0.15, -0.1) is 0 Å². The van der Waals surface area contributed by atoms with Gasteiger partial charge in [-0.2, -0.15) is 9.97 Å². The first-order chi connectivity index (χ1) is 14.2. The van der Waals surface area contributed by atoms with Crippen LogP contribution in [0.3, 0.4) is 0 Å². The Kier molecular flexibility index (Phi) is 4.52. The lowest BCUT2D eigenvalue weighted by Gasteiger charge is -2.27. The molecule has 2 aromatic carbocycles. The van der Waals surface area contributed by atoms with Gasteiger partial charge in [-0.05, 0) is 22.4 Å². The molecule has 3 heterocycles. The number of hydrogen-bond acceptors (Lipinski definition) is 6. The summed E-state index contributed by atoms with van der Waals surface area (Å²) in [6.07, 6.45) is 1.87. The Morgan fingerprint density at radius 3 is 2.59 bits per heavy atom. The molecule has 1 aliphatic heterocycles. The number of anilines is 2. The fourth-order valence-electron chi connectivity index (χ4n) is 3.82. The number of ether oxygens (including phenoxy) is 1. The number of rotatable bonds is 4. The van der Waals surface area contributed by atoms with Crippen molar-refractivity contribution in [2.75, 3.05) is 50.2 Å². The van der Waals surface area contributed by atoms with Crippen LogP contribution < -0.4 is 9.80 Å². The molecule has 0 amide bonds. The molecule has 2 aromatic heterocycles. The summed E-state index contributed by atoms with van der Waals surface area (Å²) in [4.78, 5) is 18.4. The van der Waals surface area contributed by atoms with Gasteiger partial charge in [0.1, 0.15) is 5.52 Å². The van der Waals surface area contributed by atoms with Crippen molar-refractivity contribution in [3.05, 3.63) is 54.4 Å². The highest BCUT2D eigenvalue weighted by atomic mass is 16.5. The zero-order valence-electron chi connectivity index (χ0n) is 16.7. The lowest BCUT2D eigenvalue weighted by Crippen LogP contribution is -2.37. The van der Waals surface area contributed by atoms with E-state index in [2.05, 4.69) is 56.9 Å². The number of benzene rings is 2. The summed E-state index contributed by atoms with van der Waals surface area (Å²) < 4.78 is 7.60. The molecular weight excluding hydrogens is 364 g/mol. The van der Waals surface area contributed by atoms with E-state index in [0.29, 0.717) is 13.2 Å². The van der Waals surface area contributed by atoms with Gasteiger partial charge in [-0.25, -0.2) is 4.98 Å². The second-order valence-corrected chi connectivity index (χ2v) is 7.57. The van der Waals surface area contributed by atoms with E-state index in [4.69, 9.17) is 14.7 Å². The highest BCUT2D eigenvalue weighted by Gasteiger charge is 2.20. The number of nitrogens with zero attached hydrogens (tertiary/aromatic N) is 6. The van der Waals surface area contributed by atoms with Crippen LogP contribution >= 0.6 is 0 Å². The second kappa shape index (κ2) is 7.33. The van der Waals surface area contributed by atoms with Gasteiger partial charge in [0.25, 0.3) is 0 Å². The Labute approximate surface area is 169 Å². The molecule has 1 aliphatic rings. The summed E-state index contributed by atoms with van der Waals surface area (Å²) in [7, 11) is 4.02. The normalized spacial score (nSPS) is 14.6. The van der Waals surface area contributed by atoms with Crippen molar-refractivity contribution in [3.8, 4) is 0 Å². The van der Waals surface area contributed by atoms with E-state index in [-0.39, 0.29) is 0 Å². The summed E-state index contributed by atoms with van der Waals surface area (Å²) in [5.74, 6) is 1.61. The minimum Gasteiger partial charge on any atom is -0.378 e. The number of fused-ring (bicyclic) bond motifs is 2. The predicted molar refractivity (Wildman–Crippen MR) is 116 cm³/mol. The molecule has 1 fully saturated rings. The van der Waals surface area contributed by atoms with Gasteiger partial charge < -0.3 is 19.1 Å². The smallest absolute Gasteiger partial charge is 0.229 e. The maximum atomic E-state index is 5.46. The van der Waals surface area contributed by atoms with Gasteiger partial charge in [0.2, 0.25) is 5.95 Å². The summed E-state index contributed by atoms with van der Waals surface area (Å²) in [6, 6.07) is 15.0. The number of imidazole rings is 1. The first kappa shape index (κ1) is 17.9. The topological polar surface area (TPSA) is 59.3 Å². The van der Waals surface area contributed by atoms with Crippen LogP contribution in [0.25, 0.3) is 21.9 Å². The maximum Gasteiger partial charge on any atom is 0.229 e. The van der Waals surface area contributed by atoms with Crippen LogP contribution in [-0.4, -0.2) is 59.9 Å². The van der Waals surface area contributed by atoms with E-state index in [1.54, 1.807) is 0 Å². The molecule has 0 atom stereocenters. The average Bonchev–Trinajstić information content (AvgIpc) is 3.16. The molecule has 0 radical (unpaired) electrons. The number of aromatic nitrogens is 4. The van der Waals surface area contributed by atoms with Crippen molar-refractivity contribution in [1.82, 2.24) is 19.5 Å². The van der Waals surface area contributed by atoms with Crippen LogP contribution in [0.2, 0.25) is 0 Å². The highest BCUT2D eigenvalue weighted by Crippen LogP contribution is 2.26. The third-order valence-electron chi connectivity index (χ3n) is 5.33. The molecule has 0 spiro atoms. The molecule has 148 valence electrons. The molecule has 7 heteroatoms. The molecule has 5 rings (SSSR count). The van der Waals surface area contributed by atoms with Crippen LogP contribution in [0.1, 0.15) is 5.56 Å². The minimum atomic E-state index is 0.703. The molecule has 1 saturated heterocycles. The third-order valence-corrected chi connectivity index (χ3v) is 5.33. The Balaban J connectivity index is 1.55. The van der Waals surface area contributed by atoms with Crippen molar-refractivity contribution >= 4 is 33.7 Å². The Hall–Kier alpha value is -3.19. The molecule has 0 aliphatic carbocycles. The van der Waals surface area contributed by atoms with Crippen molar-refractivity contribution in [2.45, 2.75) is 6.54 Å². The van der Waals surface area contributed by atoms with E-state index >= 15 is 0 Å². The van der Waals surface area contributed by atoms with E-state index in [1.165, 1.54) is 16.3 Å².